The zero-order valence-electron chi connectivity index (χ0n) is 8.38. The third kappa shape index (κ3) is 3.35. The Morgan fingerprint density at radius 3 is 2.92 bits per heavy atom. The Hall–Kier alpha value is -0.570. The van der Waals surface area contributed by atoms with E-state index in [1.54, 1.807) is 0 Å². The van der Waals surface area contributed by atoms with Crippen molar-refractivity contribution >= 4 is 5.91 Å². The van der Waals surface area contributed by atoms with E-state index >= 15 is 0 Å². The smallest absolute Gasteiger partial charge is 0.220 e. The Balaban J connectivity index is 2.29. The molecular weight excluding hydrogens is 164 g/mol. The fourth-order valence-corrected chi connectivity index (χ4v) is 1.98. The minimum absolute atomic E-state index is 0.114. The van der Waals surface area contributed by atoms with Crippen LogP contribution in [0.5, 0.6) is 0 Å². The van der Waals surface area contributed by atoms with Gasteiger partial charge in [0.05, 0.1) is 0 Å². The standard InChI is InChI=1S/C10H20N2O/c1-2-6-12-9-5-3-4-8(7-9)10(11)13/h8-9,12H,2-7H2,1H3,(H2,11,13). The van der Waals surface area contributed by atoms with Gasteiger partial charge in [0.2, 0.25) is 5.91 Å². The molecule has 0 saturated heterocycles. The van der Waals surface area contributed by atoms with Gasteiger partial charge in [-0.15, -0.1) is 0 Å². The van der Waals surface area contributed by atoms with Crippen LogP contribution in [0.15, 0.2) is 0 Å². The molecule has 0 radical (unpaired) electrons. The van der Waals surface area contributed by atoms with E-state index in [9.17, 15) is 4.79 Å². The van der Waals surface area contributed by atoms with Gasteiger partial charge in [0.1, 0.15) is 0 Å². The van der Waals surface area contributed by atoms with E-state index in [2.05, 4.69) is 12.2 Å². The van der Waals surface area contributed by atoms with Gasteiger partial charge < -0.3 is 11.1 Å². The first-order valence-corrected chi connectivity index (χ1v) is 5.26. The normalized spacial score (nSPS) is 28.7. The fourth-order valence-electron chi connectivity index (χ4n) is 1.98. The molecule has 1 saturated carbocycles. The summed E-state index contributed by atoms with van der Waals surface area (Å²) in [4.78, 5) is 11.0. The van der Waals surface area contributed by atoms with Gasteiger partial charge in [0.15, 0.2) is 0 Å². The first-order valence-electron chi connectivity index (χ1n) is 5.26. The molecule has 3 N–H and O–H groups in total. The molecule has 0 aromatic rings. The van der Waals surface area contributed by atoms with Crippen LogP contribution in [0.2, 0.25) is 0 Å². The highest BCUT2D eigenvalue weighted by molar-refractivity contribution is 5.76. The number of hydrogen-bond acceptors (Lipinski definition) is 2. The quantitative estimate of drug-likeness (QED) is 0.685. The monoisotopic (exact) mass is 184 g/mol. The summed E-state index contributed by atoms with van der Waals surface area (Å²) in [6.07, 6.45) is 5.41. The van der Waals surface area contributed by atoms with Crippen molar-refractivity contribution in [3.63, 3.8) is 0 Å². The lowest BCUT2D eigenvalue weighted by Gasteiger charge is -2.27. The maximum absolute atomic E-state index is 11.0. The lowest BCUT2D eigenvalue weighted by molar-refractivity contribution is -0.122. The molecule has 2 atom stereocenters. The van der Waals surface area contributed by atoms with Gasteiger partial charge in [-0.1, -0.05) is 13.3 Å². The van der Waals surface area contributed by atoms with Crippen molar-refractivity contribution in [2.75, 3.05) is 6.54 Å². The number of nitrogens with one attached hydrogen (secondary N) is 1. The molecule has 1 aliphatic rings. The molecule has 13 heavy (non-hydrogen) atoms. The molecule has 3 nitrogen and oxygen atoms in total. The maximum Gasteiger partial charge on any atom is 0.220 e. The lowest BCUT2D eigenvalue weighted by Crippen LogP contribution is -2.38. The second-order valence-corrected chi connectivity index (χ2v) is 3.92. The average Bonchev–Trinajstić information content (AvgIpc) is 2.15. The van der Waals surface area contributed by atoms with Crippen LogP contribution in [0.25, 0.3) is 0 Å². The van der Waals surface area contributed by atoms with Gasteiger partial charge in [-0.3, -0.25) is 4.79 Å². The van der Waals surface area contributed by atoms with Gasteiger partial charge in [-0.05, 0) is 32.2 Å². The summed E-state index contributed by atoms with van der Waals surface area (Å²) in [5.74, 6) is -0.00824. The fraction of sp³-hybridized carbons (Fsp3) is 0.900. The number of hydrogen-bond donors (Lipinski definition) is 2. The number of carbonyl (C=O) groups is 1. The Morgan fingerprint density at radius 2 is 2.31 bits per heavy atom. The average molecular weight is 184 g/mol. The van der Waals surface area contributed by atoms with Crippen molar-refractivity contribution in [2.45, 2.75) is 45.1 Å². The summed E-state index contributed by atoms with van der Waals surface area (Å²) in [6.45, 7) is 3.21. The molecule has 76 valence electrons. The van der Waals surface area contributed by atoms with E-state index in [0.717, 1.165) is 32.2 Å². The summed E-state index contributed by atoms with van der Waals surface area (Å²) < 4.78 is 0. The lowest BCUT2D eigenvalue weighted by atomic mass is 9.85. The molecule has 0 aromatic carbocycles. The molecule has 0 aliphatic heterocycles. The predicted molar refractivity (Wildman–Crippen MR) is 53.2 cm³/mol. The highest BCUT2D eigenvalue weighted by Gasteiger charge is 2.24. The first kappa shape index (κ1) is 10.5. The van der Waals surface area contributed by atoms with E-state index in [0.29, 0.717) is 6.04 Å². The Labute approximate surface area is 80.1 Å². The highest BCUT2D eigenvalue weighted by Crippen LogP contribution is 2.23. The van der Waals surface area contributed by atoms with Crippen LogP contribution >= 0.6 is 0 Å². The van der Waals surface area contributed by atoms with Crippen LogP contribution in [-0.4, -0.2) is 18.5 Å². The van der Waals surface area contributed by atoms with Gasteiger partial charge in [-0.25, -0.2) is 0 Å². The number of carbonyl (C=O) groups excluding carboxylic acids is 1. The van der Waals surface area contributed by atoms with E-state index < -0.39 is 0 Å². The van der Waals surface area contributed by atoms with Crippen LogP contribution in [-0.2, 0) is 4.79 Å². The number of rotatable bonds is 4. The molecule has 0 bridgehead atoms. The van der Waals surface area contributed by atoms with Crippen LogP contribution in [0.4, 0.5) is 0 Å². The minimum atomic E-state index is -0.122. The Kier molecular flexibility index (Phi) is 4.22. The predicted octanol–water partition coefficient (Wildman–Crippen LogP) is 1.03. The van der Waals surface area contributed by atoms with Crippen LogP contribution in [0.3, 0.4) is 0 Å². The summed E-state index contributed by atoms with van der Waals surface area (Å²) in [7, 11) is 0. The van der Waals surface area contributed by atoms with E-state index in [1.807, 2.05) is 0 Å². The SMILES string of the molecule is CCCNC1CCCC(C(N)=O)C1. The minimum Gasteiger partial charge on any atom is -0.369 e. The summed E-state index contributed by atoms with van der Waals surface area (Å²) in [6, 6.07) is 0.520. The molecule has 1 amide bonds. The van der Waals surface area contributed by atoms with Crippen molar-refractivity contribution in [3.8, 4) is 0 Å². The highest BCUT2D eigenvalue weighted by atomic mass is 16.1. The molecule has 2 unspecified atom stereocenters. The van der Waals surface area contributed by atoms with Gasteiger partial charge >= 0.3 is 0 Å². The number of primary amides is 1. The topological polar surface area (TPSA) is 55.1 Å². The number of amides is 1. The molecule has 1 rings (SSSR count). The van der Waals surface area contributed by atoms with Crippen LogP contribution in [0, 0.1) is 5.92 Å². The van der Waals surface area contributed by atoms with Crippen molar-refractivity contribution in [3.05, 3.63) is 0 Å². The van der Waals surface area contributed by atoms with Crippen molar-refractivity contribution in [1.82, 2.24) is 5.32 Å². The molecular formula is C10H20N2O. The molecule has 0 aromatic heterocycles. The van der Waals surface area contributed by atoms with Crippen molar-refractivity contribution in [1.29, 1.82) is 0 Å². The van der Waals surface area contributed by atoms with E-state index in [1.165, 1.54) is 6.42 Å². The van der Waals surface area contributed by atoms with Gasteiger partial charge in [-0.2, -0.15) is 0 Å². The Bertz CT molecular complexity index is 170. The largest absolute Gasteiger partial charge is 0.369 e. The zero-order chi connectivity index (χ0) is 9.68. The van der Waals surface area contributed by atoms with E-state index in [4.69, 9.17) is 5.73 Å². The van der Waals surface area contributed by atoms with Gasteiger partial charge in [0.25, 0.3) is 0 Å². The Morgan fingerprint density at radius 1 is 1.54 bits per heavy atom. The summed E-state index contributed by atoms with van der Waals surface area (Å²) in [5, 5.41) is 3.45. The third-order valence-corrected chi connectivity index (χ3v) is 2.76. The molecule has 0 heterocycles. The molecule has 1 aliphatic carbocycles. The second kappa shape index (κ2) is 5.22. The molecule has 1 fully saturated rings. The number of nitrogens with two attached hydrogens (primary N) is 1. The van der Waals surface area contributed by atoms with Crippen LogP contribution in [0.1, 0.15) is 39.0 Å². The summed E-state index contributed by atoms with van der Waals surface area (Å²) >= 11 is 0. The molecule has 0 spiro atoms. The van der Waals surface area contributed by atoms with Gasteiger partial charge in [0, 0.05) is 12.0 Å². The summed E-state index contributed by atoms with van der Waals surface area (Å²) in [5.41, 5.74) is 5.29. The van der Waals surface area contributed by atoms with Crippen molar-refractivity contribution in [2.24, 2.45) is 11.7 Å². The third-order valence-electron chi connectivity index (χ3n) is 2.76. The molecule has 3 heteroatoms. The zero-order valence-corrected chi connectivity index (χ0v) is 8.38. The second-order valence-electron chi connectivity index (χ2n) is 3.92. The maximum atomic E-state index is 11.0. The van der Waals surface area contributed by atoms with Crippen molar-refractivity contribution < 1.29 is 4.79 Å². The van der Waals surface area contributed by atoms with Crippen LogP contribution < -0.4 is 11.1 Å². The van der Waals surface area contributed by atoms with E-state index in [-0.39, 0.29) is 11.8 Å². The first-order chi connectivity index (χ1) is 6.24.